The number of alkyl halides is 3. The minimum absolute atomic E-state index is 0.113. The van der Waals surface area contributed by atoms with Crippen LogP contribution in [0.2, 0.25) is 0 Å². The number of halogens is 3. The van der Waals surface area contributed by atoms with Crippen LogP contribution in [-0.4, -0.2) is 60.9 Å². The van der Waals surface area contributed by atoms with E-state index in [1.165, 1.54) is 11.3 Å². The summed E-state index contributed by atoms with van der Waals surface area (Å²) in [7, 11) is 0. The zero-order chi connectivity index (χ0) is 30.2. The van der Waals surface area contributed by atoms with Crippen LogP contribution in [0.15, 0.2) is 47.5 Å². The summed E-state index contributed by atoms with van der Waals surface area (Å²) in [6, 6.07) is 6.30. The van der Waals surface area contributed by atoms with Crippen LogP contribution >= 0.6 is 11.3 Å². The Morgan fingerprint density at radius 1 is 1.21 bits per heavy atom. The number of amides is 1. The highest BCUT2D eigenvalue weighted by atomic mass is 32.1. The molecule has 1 aliphatic rings. The Bertz CT molecular complexity index is 1850. The number of aromatic nitrogens is 4. The van der Waals surface area contributed by atoms with Crippen LogP contribution in [0, 0.1) is 11.3 Å². The fourth-order valence-corrected chi connectivity index (χ4v) is 5.74. The van der Waals surface area contributed by atoms with Crippen LogP contribution in [0.25, 0.3) is 43.6 Å². The number of furan rings is 1. The average molecular weight is 598 g/mol. The maximum atomic E-state index is 11.6. The number of thiophene rings is 1. The number of carboxylic acids is 1. The second-order valence-electron chi connectivity index (χ2n) is 9.45. The summed E-state index contributed by atoms with van der Waals surface area (Å²) in [5, 5.41) is 23.1. The molecule has 0 aliphatic carbocycles. The molecular weight excluding hydrogens is 575 g/mol. The number of likely N-dealkylation sites (tertiary alicyclic amines) is 1. The van der Waals surface area contributed by atoms with Crippen LogP contribution in [-0.2, 0) is 9.59 Å². The van der Waals surface area contributed by atoms with Gasteiger partial charge in [0.15, 0.2) is 5.58 Å². The number of carbonyl (C=O) groups excluding carboxylic acids is 1. The first-order valence-electron chi connectivity index (χ1n) is 12.5. The van der Waals surface area contributed by atoms with Gasteiger partial charge in [0.1, 0.15) is 16.7 Å². The van der Waals surface area contributed by atoms with E-state index in [1.807, 2.05) is 27.9 Å². The number of carboxylic acid groups (broad SMARTS) is 1. The van der Waals surface area contributed by atoms with Gasteiger partial charge in [0.25, 0.3) is 0 Å². The monoisotopic (exact) mass is 597 g/mol. The van der Waals surface area contributed by atoms with E-state index >= 15 is 0 Å². The van der Waals surface area contributed by atoms with Gasteiger partial charge in [0, 0.05) is 59.6 Å². The molecule has 42 heavy (non-hydrogen) atoms. The number of nitriles is 1. The average Bonchev–Trinajstić information content (AvgIpc) is 3.70. The first-order valence-corrected chi connectivity index (χ1v) is 13.3. The minimum atomic E-state index is -5.08. The lowest BCUT2D eigenvalue weighted by atomic mass is 10.1. The van der Waals surface area contributed by atoms with Gasteiger partial charge in [0.05, 0.1) is 35.4 Å². The Morgan fingerprint density at radius 3 is 2.57 bits per heavy atom. The number of nitrogens with two attached hydrogens (primary N) is 1. The maximum Gasteiger partial charge on any atom is 0.490 e. The van der Waals surface area contributed by atoms with Gasteiger partial charge in [-0.2, -0.15) is 23.5 Å². The maximum absolute atomic E-state index is 11.6. The van der Waals surface area contributed by atoms with Gasteiger partial charge in [-0.3, -0.25) is 19.4 Å². The molecule has 15 heteroatoms. The summed E-state index contributed by atoms with van der Waals surface area (Å²) in [6.07, 6.45) is 5.47. The second-order valence-corrected chi connectivity index (χ2v) is 10.5. The van der Waals surface area contributed by atoms with Crippen LogP contribution < -0.4 is 5.73 Å². The molecule has 0 unspecified atom stereocenters. The zero-order valence-corrected chi connectivity index (χ0v) is 22.7. The van der Waals surface area contributed by atoms with E-state index in [0.717, 1.165) is 52.5 Å². The van der Waals surface area contributed by atoms with Crippen molar-refractivity contribution < 1.29 is 32.3 Å². The number of pyridine rings is 2. The number of piperidine rings is 1. The third-order valence-electron chi connectivity index (χ3n) is 6.82. The van der Waals surface area contributed by atoms with Crippen LogP contribution in [0.3, 0.4) is 0 Å². The Labute approximate surface area is 239 Å². The predicted molar refractivity (Wildman–Crippen MR) is 147 cm³/mol. The molecule has 6 rings (SSSR count). The normalized spacial score (nSPS) is 14.0. The molecule has 1 saturated heterocycles. The second kappa shape index (κ2) is 11.1. The largest absolute Gasteiger partial charge is 0.490 e. The van der Waals surface area contributed by atoms with Crippen molar-refractivity contribution in [1.29, 1.82) is 5.26 Å². The molecule has 1 fully saturated rings. The Balaban J connectivity index is 0.000000451. The van der Waals surface area contributed by atoms with Crippen LogP contribution in [0.5, 0.6) is 0 Å². The van der Waals surface area contributed by atoms with Crippen molar-refractivity contribution >= 4 is 50.0 Å². The van der Waals surface area contributed by atoms with E-state index in [1.54, 1.807) is 31.7 Å². The van der Waals surface area contributed by atoms with Crippen molar-refractivity contribution in [1.82, 2.24) is 24.6 Å². The molecule has 0 bridgehead atoms. The van der Waals surface area contributed by atoms with Crippen molar-refractivity contribution in [2.45, 2.75) is 32.0 Å². The van der Waals surface area contributed by atoms with Gasteiger partial charge in [-0.15, -0.1) is 11.3 Å². The molecule has 6 heterocycles. The summed E-state index contributed by atoms with van der Waals surface area (Å²) in [6.45, 7) is 3.07. The number of fused-ring (bicyclic) bond motifs is 2. The van der Waals surface area contributed by atoms with Gasteiger partial charge < -0.3 is 20.2 Å². The molecule has 1 amide bonds. The third-order valence-corrected chi connectivity index (χ3v) is 7.90. The molecule has 5 aromatic rings. The molecule has 0 atom stereocenters. The first kappa shape index (κ1) is 28.6. The fourth-order valence-electron chi connectivity index (χ4n) is 4.77. The Morgan fingerprint density at radius 2 is 1.93 bits per heavy atom. The van der Waals surface area contributed by atoms with E-state index in [-0.39, 0.29) is 11.9 Å². The van der Waals surface area contributed by atoms with Gasteiger partial charge in [-0.1, -0.05) is 0 Å². The molecular formula is C27H22F3N7O4S. The lowest BCUT2D eigenvalue weighted by molar-refractivity contribution is -0.192. The topological polar surface area (TPSA) is 164 Å². The Kier molecular flexibility index (Phi) is 7.57. The number of aliphatic carboxylic acids is 1. The van der Waals surface area contributed by atoms with E-state index in [9.17, 15) is 23.2 Å². The molecule has 0 radical (unpaired) electrons. The number of carbonyl (C=O) groups is 2. The van der Waals surface area contributed by atoms with Gasteiger partial charge in [-0.05, 0) is 25.0 Å². The van der Waals surface area contributed by atoms with Crippen molar-refractivity contribution in [3.63, 3.8) is 0 Å². The van der Waals surface area contributed by atoms with Crippen molar-refractivity contribution in [2.75, 3.05) is 18.8 Å². The lowest BCUT2D eigenvalue weighted by Gasteiger charge is -2.31. The third kappa shape index (κ3) is 5.48. The van der Waals surface area contributed by atoms with E-state index in [4.69, 9.17) is 20.1 Å². The highest BCUT2D eigenvalue weighted by Gasteiger charge is 2.38. The van der Waals surface area contributed by atoms with E-state index in [2.05, 4.69) is 21.1 Å². The number of anilines is 1. The molecule has 0 aromatic carbocycles. The lowest BCUT2D eigenvalue weighted by Crippen LogP contribution is -2.37. The summed E-state index contributed by atoms with van der Waals surface area (Å²) in [4.78, 5) is 31.8. The number of rotatable bonds is 3. The Hall–Kier alpha value is -4.97. The van der Waals surface area contributed by atoms with Gasteiger partial charge >= 0.3 is 12.1 Å². The predicted octanol–water partition coefficient (Wildman–Crippen LogP) is 5.24. The smallest absolute Gasteiger partial charge is 0.475 e. The quantitative estimate of drug-likeness (QED) is 0.283. The SMILES string of the molecule is CC(=O)N1CCC(n2cc(-c3ncc(N)c4oc(-c5c(C#N)sc6ccncc56)cc34)cn2)CC1.O=C(O)C(F)(F)F. The molecule has 5 aromatic heterocycles. The molecule has 216 valence electrons. The number of hydrogen-bond acceptors (Lipinski definition) is 9. The van der Waals surface area contributed by atoms with Crippen LogP contribution in [0.1, 0.15) is 30.7 Å². The fraction of sp³-hybridized carbons (Fsp3) is 0.259. The summed E-state index contributed by atoms with van der Waals surface area (Å²) < 4.78 is 40.9. The minimum Gasteiger partial charge on any atom is -0.475 e. The first-order chi connectivity index (χ1) is 20.0. The summed E-state index contributed by atoms with van der Waals surface area (Å²) in [5.74, 6) is -2.09. The van der Waals surface area contributed by atoms with E-state index < -0.39 is 12.1 Å². The van der Waals surface area contributed by atoms with Crippen molar-refractivity contribution in [3.05, 3.63) is 48.0 Å². The van der Waals surface area contributed by atoms with Crippen molar-refractivity contribution in [3.8, 4) is 28.7 Å². The highest BCUT2D eigenvalue weighted by molar-refractivity contribution is 7.20. The molecule has 3 N–H and O–H groups in total. The number of hydrogen-bond donors (Lipinski definition) is 2. The van der Waals surface area contributed by atoms with Crippen molar-refractivity contribution in [2.24, 2.45) is 0 Å². The molecule has 0 saturated carbocycles. The zero-order valence-electron chi connectivity index (χ0n) is 21.9. The number of nitrogen functional groups attached to an aromatic ring is 1. The molecule has 11 nitrogen and oxygen atoms in total. The van der Waals surface area contributed by atoms with Crippen LogP contribution in [0.4, 0.5) is 18.9 Å². The van der Waals surface area contributed by atoms with Gasteiger partial charge in [-0.25, -0.2) is 4.79 Å². The van der Waals surface area contributed by atoms with E-state index in [0.29, 0.717) is 27.6 Å². The molecule has 1 aliphatic heterocycles. The number of nitrogens with zero attached hydrogens (tertiary/aromatic N) is 6. The van der Waals surface area contributed by atoms with Gasteiger partial charge in [0.2, 0.25) is 5.91 Å². The standard InChI is InChI=1S/C25H21N7O2S.C2HF3O2/c1-14(33)31-6-3-16(4-7-31)32-13-15(10-30-32)24-17-8-20(34-25(17)19(27)12-29-24)23-18-11-28-5-2-21(18)35-22(23)9-26;3-2(4,5)1(6)7/h2,5,8,10-13,16H,3-4,6-7,27H2,1H3;(H,6,7). The summed E-state index contributed by atoms with van der Waals surface area (Å²) >= 11 is 1.41. The highest BCUT2D eigenvalue weighted by Crippen LogP contribution is 2.42. The molecule has 0 spiro atoms. The summed E-state index contributed by atoms with van der Waals surface area (Å²) in [5.41, 5.74) is 9.47.